The van der Waals surface area contributed by atoms with Gasteiger partial charge in [-0.2, -0.15) is 0 Å². The van der Waals surface area contributed by atoms with E-state index in [0.29, 0.717) is 18.0 Å². The molecule has 134 valence electrons. The van der Waals surface area contributed by atoms with Crippen molar-refractivity contribution in [2.75, 3.05) is 11.9 Å². The first kappa shape index (κ1) is 18.1. The maximum absolute atomic E-state index is 13.1. The molecular weight excluding hydrogens is 346 g/mol. The molecule has 0 aliphatic heterocycles. The molecular formula is C20H21N3O2S. The van der Waals surface area contributed by atoms with Crippen molar-refractivity contribution in [1.82, 2.24) is 9.55 Å². The van der Waals surface area contributed by atoms with Gasteiger partial charge in [-0.3, -0.25) is 4.79 Å². The second-order valence-electron chi connectivity index (χ2n) is 5.65. The van der Waals surface area contributed by atoms with E-state index in [2.05, 4.69) is 10.3 Å². The molecule has 1 aromatic heterocycles. The minimum Gasteiger partial charge on any atom is -0.492 e. The number of para-hydroxylation sites is 2. The van der Waals surface area contributed by atoms with E-state index in [0.717, 1.165) is 10.7 Å². The lowest BCUT2D eigenvalue weighted by Gasteiger charge is -2.18. The van der Waals surface area contributed by atoms with Gasteiger partial charge in [-0.05, 0) is 24.6 Å². The van der Waals surface area contributed by atoms with Gasteiger partial charge in [0.05, 0.1) is 12.3 Å². The van der Waals surface area contributed by atoms with Crippen LogP contribution >= 0.6 is 11.8 Å². The molecule has 0 fully saturated rings. The first-order valence-corrected chi connectivity index (χ1v) is 9.28. The zero-order valence-corrected chi connectivity index (χ0v) is 15.6. The van der Waals surface area contributed by atoms with Gasteiger partial charge in [-0.25, -0.2) is 4.98 Å². The second kappa shape index (κ2) is 8.58. The van der Waals surface area contributed by atoms with Gasteiger partial charge in [-0.1, -0.05) is 54.2 Å². The van der Waals surface area contributed by atoms with Crippen LogP contribution in [0.1, 0.15) is 17.7 Å². The largest absolute Gasteiger partial charge is 0.492 e. The normalized spacial score (nSPS) is 11.8. The number of hydrogen-bond acceptors (Lipinski definition) is 4. The minimum atomic E-state index is -0.424. The molecule has 1 atom stereocenters. The molecule has 6 heteroatoms. The van der Waals surface area contributed by atoms with Crippen molar-refractivity contribution >= 4 is 23.4 Å². The lowest BCUT2D eigenvalue weighted by molar-refractivity contribution is -0.115. The molecule has 26 heavy (non-hydrogen) atoms. The number of rotatable bonds is 7. The summed E-state index contributed by atoms with van der Waals surface area (Å²) in [5.41, 5.74) is 1.59. The fourth-order valence-electron chi connectivity index (χ4n) is 2.52. The Balaban J connectivity index is 1.87. The van der Waals surface area contributed by atoms with Gasteiger partial charge >= 0.3 is 0 Å². The SMILES string of the molecule is CCOc1ccccc1NC(=O)[C@@H](Sc1nccn1C)c1ccccc1. The Kier molecular flexibility index (Phi) is 5.96. The number of thioether (sulfide) groups is 1. The van der Waals surface area contributed by atoms with Crippen molar-refractivity contribution in [3.63, 3.8) is 0 Å². The topological polar surface area (TPSA) is 56.1 Å². The third-order valence-electron chi connectivity index (χ3n) is 3.79. The molecule has 3 rings (SSSR count). The number of carbonyl (C=O) groups is 1. The number of imidazole rings is 1. The van der Waals surface area contributed by atoms with Gasteiger partial charge < -0.3 is 14.6 Å². The molecule has 0 unspecified atom stereocenters. The number of aryl methyl sites for hydroxylation is 1. The van der Waals surface area contributed by atoms with Crippen LogP contribution in [0, 0.1) is 0 Å². The zero-order chi connectivity index (χ0) is 18.4. The highest BCUT2D eigenvalue weighted by atomic mass is 32.2. The highest BCUT2D eigenvalue weighted by Crippen LogP contribution is 2.36. The summed E-state index contributed by atoms with van der Waals surface area (Å²) >= 11 is 1.42. The number of nitrogens with one attached hydrogen (secondary N) is 1. The highest BCUT2D eigenvalue weighted by Gasteiger charge is 2.24. The molecule has 0 saturated carbocycles. The number of hydrogen-bond donors (Lipinski definition) is 1. The van der Waals surface area contributed by atoms with Crippen molar-refractivity contribution < 1.29 is 9.53 Å². The zero-order valence-electron chi connectivity index (χ0n) is 14.8. The van der Waals surface area contributed by atoms with E-state index < -0.39 is 5.25 Å². The van der Waals surface area contributed by atoms with Crippen LogP contribution in [-0.4, -0.2) is 22.1 Å². The first-order valence-electron chi connectivity index (χ1n) is 8.40. The molecule has 0 spiro atoms. The van der Waals surface area contributed by atoms with Crippen molar-refractivity contribution in [2.24, 2.45) is 7.05 Å². The Hall–Kier alpha value is -2.73. The summed E-state index contributed by atoms with van der Waals surface area (Å²) in [7, 11) is 1.92. The molecule has 1 N–H and O–H groups in total. The number of anilines is 1. The predicted molar refractivity (Wildman–Crippen MR) is 104 cm³/mol. The monoisotopic (exact) mass is 367 g/mol. The Morgan fingerprint density at radius 3 is 2.62 bits per heavy atom. The maximum atomic E-state index is 13.1. The van der Waals surface area contributed by atoms with E-state index in [9.17, 15) is 4.79 Å². The minimum absolute atomic E-state index is 0.114. The predicted octanol–water partition coefficient (Wildman–Crippen LogP) is 4.29. The lowest BCUT2D eigenvalue weighted by atomic mass is 10.1. The van der Waals surface area contributed by atoms with Crippen molar-refractivity contribution in [3.8, 4) is 5.75 Å². The molecule has 0 radical (unpaired) electrons. The summed E-state index contributed by atoms with van der Waals surface area (Å²) in [4.78, 5) is 17.4. The standard InChI is InChI=1S/C20H21N3O2S/c1-3-25-17-12-8-7-11-16(17)22-19(24)18(15-9-5-4-6-10-15)26-20-21-13-14-23(20)2/h4-14,18H,3H2,1-2H3,(H,22,24)/t18-/m0/s1. The Bertz CT molecular complexity index is 864. The van der Waals surface area contributed by atoms with Gasteiger partial charge in [0, 0.05) is 19.4 Å². The molecule has 0 aliphatic carbocycles. The maximum Gasteiger partial charge on any atom is 0.242 e. The molecule has 2 aromatic carbocycles. The van der Waals surface area contributed by atoms with Crippen molar-refractivity contribution in [2.45, 2.75) is 17.3 Å². The van der Waals surface area contributed by atoms with Gasteiger partial charge in [0.2, 0.25) is 5.91 Å². The summed E-state index contributed by atoms with van der Waals surface area (Å²) in [5.74, 6) is 0.550. The molecule has 0 saturated heterocycles. The molecule has 1 heterocycles. The van der Waals surface area contributed by atoms with Crippen LogP contribution < -0.4 is 10.1 Å². The molecule has 3 aromatic rings. The van der Waals surface area contributed by atoms with E-state index >= 15 is 0 Å². The van der Waals surface area contributed by atoms with Crippen LogP contribution in [0.5, 0.6) is 5.75 Å². The van der Waals surface area contributed by atoms with Crippen LogP contribution in [0.4, 0.5) is 5.69 Å². The van der Waals surface area contributed by atoms with Gasteiger partial charge in [0.1, 0.15) is 11.0 Å². The summed E-state index contributed by atoms with van der Waals surface area (Å²) in [5, 5.41) is 3.36. The third kappa shape index (κ3) is 4.26. The average Bonchev–Trinajstić information content (AvgIpc) is 3.07. The summed E-state index contributed by atoms with van der Waals surface area (Å²) in [6.45, 7) is 2.46. The molecule has 5 nitrogen and oxygen atoms in total. The van der Waals surface area contributed by atoms with Crippen molar-refractivity contribution in [3.05, 3.63) is 72.6 Å². The first-order chi connectivity index (χ1) is 12.7. The van der Waals surface area contributed by atoms with Crippen LogP contribution in [0.3, 0.4) is 0 Å². The number of carbonyl (C=O) groups excluding carboxylic acids is 1. The van der Waals surface area contributed by atoms with Crippen LogP contribution in [-0.2, 0) is 11.8 Å². The molecule has 0 aliphatic rings. The van der Waals surface area contributed by atoms with E-state index in [1.54, 1.807) is 6.20 Å². The van der Waals surface area contributed by atoms with Gasteiger partial charge in [0.25, 0.3) is 0 Å². The fraction of sp³-hybridized carbons (Fsp3) is 0.200. The lowest BCUT2D eigenvalue weighted by Crippen LogP contribution is -2.20. The quantitative estimate of drug-likeness (QED) is 0.633. The fourth-order valence-corrected chi connectivity index (χ4v) is 3.54. The summed E-state index contributed by atoms with van der Waals surface area (Å²) < 4.78 is 7.52. The van der Waals surface area contributed by atoms with E-state index in [-0.39, 0.29) is 5.91 Å². The van der Waals surface area contributed by atoms with Crippen LogP contribution in [0.2, 0.25) is 0 Å². The number of aromatic nitrogens is 2. The second-order valence-corrected chi connectivity index (χ2v) is 6.72. The third-order valence-corrected chi connectivity index (χ3v) is 5.11. The Labute approximate surface area is 157 Å². The highest BCUT2D eigenvalue weighted by molar-refractivity contribution is 8.00. The summed E-state index contributed by atoms with van der Waals surface area (Å²) in [6.07, 6.45) is 3.60. The van der Waals surface area contributed by atoms with Gasteiger partial charge in [0.15, 0.2) is 5.16 Å². The number of benzene rings is 2. The smallest absolute Gasteiger partial charge is 0.242 e. The summed E-state index contributed by atoms with van der Waals surface area (Å²) in [6, 6.07) is 17.2. The van der Waals surface area contributed by atoms with E-state index in [4.69, 9.17) is 4.74 Å². The Morgan fingerprint density at radius 2 is 1.92 bits per heavy atom. The number of ether oxygens (including phenoxy) is 1. The number of nitrogens with zero attached hydrogens (tertiary/aromatic N) is 2. The van der Waals surface area contributed by atoms with Crippen LogP contribution in [0.25, 0.3) is 0 Å². The van der Waals surface area contributed by atoms with Crippen LogP contribution in [0.15, 0.2) is 72.1 Å². The number of amides is 1. The molecule has 1 amide bonds. The van der Waals surface area contributed by atoms with E-state index in [1.807, 2.05) is 79.3 Å². The Morgan fingerprint density at radius 1 is 1.19 bits per heavy atom. The van der Waals surface area contributed by atoms with Gasteiger partial charge in [-0.15, -0.1) is 0 Å². The van der Waals surface area contributed by atoms with E-state index in [1.165, 1.54) is 11.8 Å². The molecule has 0 bridgehead atoms. The van der Waals surface area contributed by atoms with Crippen molar-refractivity contribution in [1.29, 1.82) is 0 Å². The average molecular weight is 367 g/mol.